The van der Waals surface area contributed by atoms with Gasteiger partial charge in [-0.3, -0.25) is 9.78 Å². The molecular weight excluding hydrogens is 381 g/mol. The minimum Gasteiger partial charge on any atom is -0.467 e. The van der Waals surface area contributed by atoms with Crippen LogP contribution in [0.25, 0.3) is 0 Å². The number of hydrogen-bond donors (Lipinski definition) is 4. The Morgan fingerprint density at radius 1 is 1.42 bits per heavy atom. The van der Waals surface area contributed by atoms with Gasteiger partial charge in [-0.2, -0.15) is 0 Å². The molecule has 10 heteroatoms. The molecule has 0 radical (unpaired) electrons. The van der Waals surface area contributed by atoms with Crippen LogP contribution in [0.3, 0.4) is 0 Å². The second-order valence-corrected chi connectivity index (χ2v) is 6.12. The molecule has 1 aromatic heterocycles. The molecule has 2 rings (SSSR count). The topological polar surface area (TPSA) is 120 Å². The lowest BCUT2D eigenvalue weighted by Gasteiger charge is -2.14. The largest absolute Gasteiger partial charge is 0.467 e. The zero-order valence-electron chi connectivity index (χ0n) is 14.0. The van der Waals surface area contributed by atoms with E-state index >= 15 is 0 Å². The van der Waals surface area contributed by atoms with Crippen molar-refractivity contribution in [2.75, 3.05) is 17.7 Å². The van der Waals surface area contributed by atoms with Crippen LogP contribution in [-0.4, -0.2) is 35.3 Å². The van der Waals surface area contributed by atoms with Gasteiger partial charge in [0.05, 0.1) is 17.2 Å². The summed E-state index contributed by atoms with van der Waals surface area (Å²) in [6.07, 6.45) is 0.923. The maximum Gasteiger partial charge on any atom is 0.327 e. The van der Waals surface area contributed by atoms with Crippen LogP contribution in [0.4, 0.5) is 11.6 Å². The summed E-state index contributed by atoms with van der Waals surface area (Å²) in [4.78, 5) is 30.5. The van der Waals surface area contributed by atoms with Crippen molar-refractivity contribution in [1.82, 2.24) is 9.97 Å². The van der Waals surface area contributed by atoms with E-state index in [2.05, 4.69) is 25.3 Å². The predicted molar refractivity (Wildman–Crippen MR) is 102 cm³/mol. The predicted octanol–water partition coefficient (Wildman–Crippen LogP) is 2.66. The quantitative estimate of drug-likeness (QED) is 0.421. The molecule has 0 fully saturated rings. The van der Waals surface area contributed by atoms with Gasteiger partial charge in [0.1, 0.15) is 17.4 Å². The zero-order chi connectivity index (χ0) is 19.3. The Balaban J connectivity index is 2.19. The number of hydrogen-bond acceptors (Lipinski definition) is 7. The van der Waals surface area contributed by atoms with Crippen LogP contribution in [-0.2, 0) is 16.1 Å². The first-order valence-corrected chi connectivity index (χ1v) is 8.28. The summed E-state index contributed by atoms with van der Waals surface area (Å²) in [7, 11) is 1.25. The smallest absolute Gasteiger partial charge is 0.327 e. The van der Waals surface area contributed by atoms with Gasteiger partial charge >= 0.3 is 5.97 Å². The maximum atomic E-state index is 12.3. The van der Waals surface area contributed by atoms with E-state index in [1.54, 1.807) is 18.2 Å². The first-order valence-electron chi connectivity index (χ1n) is 7.52. The molecule has 0 amide bonds. The fourth-order valence-electron chi connectivity index (χ4n) is 2.11. The van der Waals surface area contributed by atoms with Crippen LogP contribution in [0.1, 0.15) is 18.2 Å². The molecule has 0 saturated heterocycles. The van der Waals surface area contributed by atoms with Gasteiger partial charge in [0.25, 0.3) is 5.56 Å². The Kier molecular flexibility index (Phi) is 6.59. The summed E-state index contributed by atoms with van der Waals surface area (Å²) in [5.74, 6) is -0.363. The molecule has 4 N–H and O–H groups in total. The highest BCUT2D eigenvalue weighted by molar-refractivity contribution is 6.42. The highest BCUT2D eigenvalue weighted by atomic mass is 35.5. The summed E-state index contributed by atoms with van der Waals surface area (Å²) >= 11 is 11.8. The molecule has 0 aliphatic carbocycles. The average Bonchev–Trinajstić information content (AvgIpc) is 2.63. The van der Waals surface area contributed by atoms with Gasteiger partial charge in [0.2, 0.25) is 5.95 Å². The van der Waals surface area contributed by atoms with E-state index in [0.29, 0.717) is 16.6 Å². The third kappa shape index (κ3) is 4.74. The molecule has 0 aliphatic rings. The second-order valence-electron chi connectivity index (χ2n) is 5.31. The number of H-pyrrole nitrogens is 1. The van der Waals surface area contributed by atoms with Gasteiger partial charge < -0.3 is 20.8 Å². The zero-order valence-corrected chi connectivity index (χ0v) is 15.5. The van der Waals surface area contributed by atoms with Gasteiger partial charge in [-0.05, 0) is 24.6 Å². The van der Waals surface area contributed by atoms with Crippen LogP contribution >= 0.6 is 23.2 Å². The molecule has 1 aromatic carbocycles. The molecule has 1 unspecified atom stereocenters. The lowest BCUT2D eigenvalue weighted by Crippen LogP contribution is -2.31. The number of rotatable bonds is 7. The van der Waals surface area contributed by atoms with E-state index < -0.39 is 17.6 Å². The first-order chi connectivity index (χ1) is 12.3. The number of anilines is 2. The molecule has 8 nitrogen and oxygen atoms in total. The summed E-state index contributed by atoms with van der Waals surface area (Å²) in [5, 5.41) is 14.0. The molecule has 1 atom stereocenters. The number of benzene rings is 1. The van der Waals surface area contributed by atoms with Crippen LogP contribution in [0, 0.1) is 5.41 Å². The van der Waals surface area contributed by atoms with Crippen molar-refractivity contribution < 1.29 is 9.53 Å². The number of esters is 1. The second kappa shape index (κ2) is 8.68. The highest BCUT2D eigenvalue weighted by Gasteiger charge is 2.17. The Bertz CT molecular complexity index is 885. The van der Waals surface area contributed by atoms with Crippen molar-refractivity contribution >= 4 is 47.0 Å². The van der Waals surface area contributed by atoms with Crippen molar-refractivity contribution in [2.45, 2.75) is 19.5 Å². The number of halogens is 2. The van der Waals surface area contributed by atoms with Crippen LogP contribution in [0.15, 0.2) is 23.0 Å². The molecule has 0 aliphatic heterocycles. The van der Waals surface area contributed by atoms with Crippen molar-refractivity contribution in [1.29, 1.82) is 5.41 Å². The van der Waals surface area contributed by atoms with E-state index in [4.69, 9.17) is 28.6 Å². The first kappa shape index (κ1) is 19.7. The number of nitrogens with one attached hydrogen (secondary N) is 4. The number of aromatic amines is 1. The van der Waals surface area contributed by atoms with Gasteiger partial charge in [0.15, 0.2) is 0 Å². The van der Waals surface area contributed by atoms with Crippen LogP contribution in [0.5, 0.6) is 0 Å². The molecule has 26 heavy (non-hydrogen) atoms. The lowest BCUT2D eigenvalue weighted by molar-refractivity contribution is -0.141. The minimum atomic E-state index is -0.767. The molecule has 0 spiro atoms. The molecule has 2 aromatic rings. The van der Waals surface area contributed by atoms with E-state index in [1.807, 2.05) is 0 Å². The van der Waals surface area contributed by atoms with E-state index in [9.17, 15) is 9.59 Å². The van der Waals surface area contributed by atoms with E-state index in [1.165, 1.54) is 14.0 Å². The monoisotopic (exact) mass is 397 g/mol. The van der Waals surface area contributed by atoms with Crippen molar-refractivity contribution in [3.8, 4) is 0 Å². The number of methoxy groups -OCH3 is 1. The number of nitrogens with zero attached hydrogens (tertiary/aromatic N) is 1. The number of aromatic nitrogens is 2. The van der Waals surface area contributed by atoms with Crippen LogP contribution < -0.4 is 16.2 Å². The Morgan fingerprint density at radius 3 is 2.77 bits per heavy atom. The maximum absolute atomic E-state index is 12.3. The minimum absolute atomic E-state index is 0.0120. The third-order valence-corrected chi connectivity index (χ3v) is 4.18. The summed E-state index contributed by atoms with van der Waals surface area (Å²) in [6.45, 7) is 1.87. The molecule has 0 bridgehead atoms. The van der Waals surface area contributed by atoms with Crippen molar-refractivity contribution in [2.24, 2.45) is 0 Å². The van der Waals surface area contributed by atoms with Gasteiger partial charge in [0, 0.05) is 12.8 Å². The number of ether oxygens (including phenoxy) is 1. The van der Waals surface area contributed by atoms with E-state index in [-0.39, 0.29) is 17.3 Å². The van der Waals surface area contributed by atoms with Gasteiger partial charge in [-0.25, -0.2) is 9.78 Å². The van der Waals surface area contributed by atoms with Crippen LogP contribution in [0.2, 0.25) is 10.0 Å². The Hall–Kier alpha value is -2.58. The van der Waals surface area contributed by atoms with Gasteiger partial charge in [-0.1, -0.05) is 29.3 Å². The fraction of sp³-hybridized carbons (Fsp3) is 0.250. The number of carbonyl (C=O) groups excluding carboxylic acids is 1. The molecule has 138 valence electrons. The Labute approximate surface area is 159 Å². The Morgan fingerprint density at radius 2 is 2.15 bits per heavy atom. The molecular formula is C16H17Cl2N5O3. The average molecular weight is 398 g/mol. The molecule has 0 saturated carbocycles. The standard InChI is InChI=1S/C16H17Cl2N5O3/c1-8(15(25)26-2)21-13-12(6-19)22-16(23-14(13)24)20-7-9-3-4-10(17)11(18)5-9/h3-6,8,19,21H,7H2,1-2H3,(H2,20,22,23,24). The highest BCUT2D eigenvalue weighted by Crippen LogP contribution is 2.22. The SMILES string of the molecule is COC(=O)C(C)Nc1c(C=N)nc(NCc2ccc(Cl)c(Cl)c2)[nH]c1=O. The molecule has 1 heterocycles. The normalized spacial score (nSPS) is 11.5. The third-order valence-electron chi connectivity index (χ3n) is 3.44. The summed E-state index contributed by atoms with van der Waals surface area (Å²) < 4.78 is 4.60. The van der Waals surface area contributed by atoms with Gasteiger partial charge in [-0.15, -0.1) is 0 Å². The lowest BCUT2D eigenvalue weighted by atomic mass is 10.2. The van der Waals surface area contributed by atoms with Crippen molar-refractivity contribution in [3.05, 3.63) is 49.9 Å². The van der Waals surface area contributed by atoms with E-state index in [0.717, 1.165) is 11.8 Å². The summed E-state index contributed by atoms with van der Waals surface area (Å²) in [6, 6.07) is 4.38. The fourth-order valence-corrected chi connectivity index (χ4v) is 2.43. The summed E-state index contributed by atoms with van der Waals surface area (Å²) in [5.41, 5.74) is 0.407. The number of carbonyl (C=O) groups is 1. The van der Waals surface area contributed by atoms with Crippen molar-refractivity contribution in [3.63, 3.8) is 0 Å².